The Morgan fingerprint density at radius 2 is 1.77 bits per heavy atom. The highest BCUT2D eigenvalue weighted by Crippen LogP contribution is 2.28. The summed E-state index contributed by atoms with van der Waals surface area (Å²) in [6, 6.07) is 24.3. The Kier molecular flexibility index (Phi) is 6.02. The van der Waals surface area contributed by atoms with Crippen LogP contribution in [0.25, 0.3) is 17.1 Å². The van der Waals surface area contributed by atoms with Gasteiger partial charge in [0.05, 0.1) is 5.75 Å². The van der Waals surface area contributed by atoms with Crippen LogP contribution in [0, 0.1) is 0 Å². The summed E-state index contributed by atoms with van der Waals surface area (Å²) in [4.78, 5) is 12.4. The van der Waals surface area contributed by atoms with Crippen LogP contribution in [0.15, 0.2) is 84.0 Å². The van der Waals surface area contributed by atoms with Gasteiger partial charge in [-0.25, -0.2) is 0 Å². The summed E-state index contributed by atoms with van der Waals surface area (Å²) < 4.78 is 1.93. The van der Waals surface area contributed by atoms with E-state index in [-0.39, 0.29) is 11.7 Å². The van der Waals surface area contributed by atoms with Gasteiger partial charge in [-0.05, 0) is 54.6 Å². The molecule has 0 atom stereocenters. The van der Waals surface area contributed by atoms with Crippen LogP contribution in [0.5, 0.6) is 0 Å². The van der Waals surface area contributed by atoms with Gasteiger partial charge in [0.25, 0.3) is 0 Å². The first-order valence-electron chi connectivity index (χ1n) is 9.15. The van der Waals surface area contributed by atoms with E-state index in [9.17, 15) is 4.79 Å². The zero-order valence-corrected chi connectivity index (χ0v) is 17.4. The molecule has 0 aliphatic heterocycles. The average Bonchev–Trinajstić information content (AvgIpc) is 3.17. The number of hydrogen-bond acceptors (Lipinski definition) is 5. The van der Waals surface area contributed by atoms with Crippen LogP contribution in [0.1, 0.15) is 0 Å². The number of halogens is 1. The summed E-state index contributed by atoms with van der Waals surface area (Å²) in [6.07, 6.45) is 0. The smallest absolute Gasteiger partial charge is 0.234 e. The minimum atomic E-state index is -0.154. The number of aromatic nitrogens is 3. The Labute approximate surface area is 183 Å². The third kappa shape index (κ3) is 4.64. The van der Waals surface area contributed by atoms with Gasteiger partial charge in [0.15, 0.2) is 11.0 Å². The Morgan fingerprint density at radius 1 is 1.00 bits per heavy atom. The molecule has 0 bridgehead atoms. The van der Waals surface area contributed by atoms with Crippen molar-refractivity contribution in [3.8, 4) is 17.1 Å². The molecule has 4 rings (SSSR count). The maximum atomic E-state index is 12.4. The number of nitrogen functional groups attached to an aromatic ring is 1. The van der Waals surface area contributed by atoms with E-state index in [4.69, 9.17) is 17.3 Å². The Hall–Kier alpha value is -3.29. The number of amides is 1. The van der Waals surface area contributed by atoms with Crippen molar-refractivity contribution in [1.29, 1.82) is 0 Å². The summed E-state index contributed by atoms with van der Waals surface area (Å²) in [5, 5.41) is 12.7. The number of benzene rings is 3. The molecule has 150 valence electrons. The largest absolute Gasteiger partial charge is 0.399 e. The van der Waals surface area contributed by atoms with Gasteiger partial charge >= 0.3 is 0 Å². The molecule has 0 fully saturated rings. The summed E-state index contributed by atoms with van der Waals surface area (Å²) in [7, 11) is 0. The fourth-order valence-electron chi connectivity index (χ4n) is 2.89. The molecule has 1 amide bonds. The van der Waals surface area contributed by atoms with Gasteiger partial charge in [0.1, 0.15) is 0 Å². The van der Waals surface area contributed by atoms with Crippen LogP contribution in [-0.2, 0) is 4.79 Å². The van der Waals surface area contributed by atoms with Gasteiger partial charge in [-0.1, -0.05) is 47.6 Å². The lowest BCUT2D eigenvalue weighted by Crippen LogP contribution is -2.14. The number of nitrogens with zero attached hydrogens (tertiary/aromatic N) is 3. The maximum absolute atomic E-state index is 12.4. The second kappa shape index (κ2) is 9.02. The maximum Gasteiger partial charge on any atom is 0.234 e. The van der Waals surface area contributed by atoms with E-state index < -0.39 is 0 Å². The molecule has 0 saturated heterocycles. The summed E-state index contributed by atoms with van der Waals surface area (Å²) >= 11 is 7.29. The number of nitrogens with two attached hydrogens (primary N) is 1. The predicted octanol–water partition coefficient (Wildman–Crippen LogP) is 4.90. The minimum absolute atomic E-state index is 0.154. The lowest BCUT2D eigenvalue weighted by molar-refractivity contribution is -0.113. The minimum Gasteiger partial charge on any atom is -0.399 e. The van der Waals surface area contributed by atoms with Gasteiger partial charge in [-0.2, -0.15) is 0 Å². The molecule has 0 spiro atoms. The number of para-hydroxylation sites is 1. The summed E-state index contributed by atoms with van der Waals surface area (Å²) in [5.41, 5.74) is 8.94. The van der Waals surface area contributed by atoms with Crippen molar-refractivity contribution in [3.05, 3.63) is 83.9 Å². The van der Waals surface area contributed by atoms with Crippen LogP contribution in [0.4, 0.5) is 11.4 Å². The second-order valence-electron chi connectivity index (χ2n) is 6.45. The Bertz CT molecular complexity index is 1160. The van der Waals surface area contributed by atoms with E-state index in [1.165, 1.54) is 11.8 Å². The molecule has 0 unspecified atom stereocenters. The van der Waals surface area contributed by atoms with E-state index in [0.29, 0.717) is 27.4 Å². The first kappa shape index (κ1) is 20.0. The van der Waals surface area contributed by atoms with E-state index in [1.54, 1.807) is 24.3 Å². The van der Waals surface area contributed by atoms with E-state index in [1.807, 2.05) is 59.2 Å². The highest BCUT2D eigenvalue weighted by Gasteiger charge is 2.17. The van der Waals surface area contributed by atoms with Gasteiger partial charge in [-0.15, -0.1) is 10.2 Å². The van der Waals surface area contributed by atoms with Gasteiger partial charge in [-0.3, -0.25) is 9.36 Å². The molecule has 1 heterocycles. The normalized spacial score (nSPS) is 10.7. The van der Waals surface area contributed by atoms with E-state index in [2.05, 4.69) is 15.5 Å². The van der Waals surface area contributed by atoms with Crippen LogP contribution in [-0.4, -0.2) is 26.4 Å². The highest BCUT2D eigenvalue weighted by molar-refractivity contribution is 7.99. The van der Waals surface area contributed by atoms with Crippen molar-refractivity contribution < 1.29 is 4.79 Å². The molecule has 0 aliphatic carbocycles. The number of nitrogens with one attached hydrogen (secondary N) is 1. The monoisotopic (exact) mass is 435 g/mol. The molecule has 3 N–H and O–H groups in total. The van der Waals surface area contributed by atoms with Crippen LogP contribution in [0.2, 0.25) is 5.02 Å². The molecule has 0 saturated carbocycles. The lowest BCUT2D eigenvalue weighted by Gasteiger charge is -2.10. The van der Waals surface area contributed by atoms with Crippen LogP contribution in [0.3, 0.4) is 0 Å². The van der Waals surface area contributed by atoms with Crippen molar-refractivity contribution in [1.82, 2.24) is 14.8 Å². The number of anilines is 2. The van der Waals surface area contributed by atoms with Crippen molar-refractivity contribution in [2.45, 2.75) is 5.16 Å². The number of carbonyl (C=O) groups is 1. The molecular formula is C22H18ClN5OS. The zero-order valence-electron chi connectivity index (χ0n) is 15.8. The van der Waals surface area contributed by atoms with Gasteiger partial charge in [0, 0.05) is 27.6 Å². The van der Waals surface area contributed by atoms with Crippen LogP contribution < -0.4 is 11.1 Å². The molecule has 0 radical (unpaired) electrons. The molecular weight excluding hydrogens is 418 g/mol. The van der Waals surface area contributed by atoms with Gasteiger partial charge < -0.3 is 11.1 Å². The molecule has 30 heavy (non-hydrogen) atoms. The number of hydrogen-bond donors (Lipinski definition) is 2. The SMILES string of the molecule is Nc1ccc(-c2nnc(SCC(=O)Nc3cccc(Cl)c3)n2-c2ccccc2)cc1. The molecule has 3 aromatic carbocycles. The second-order valence-corrected chi connectivity index (χ2v) is 7.83. The number of carbonyl (C=O) groups excluding carboxylic acids is 1. The Balaban J connectivity index is 1.58. The standard InChI is InChI=1S/C22H18ClN5OS/c23-16-5-4-6-18(13-16)25-20(29)14-30-22-27-26-21(15-9-11-17(24)12-10-15)28(22)19-7-2-1-3-8-19/h1-13H,14,24H2,(H,25,29). The topological polar surface area (TPSA) is 85.8 Å². The fourth-order valence-corrected chi connectivity index (χ4v) is 3.83. The van der Waals surface area contributed by atoms with E-state index >= 15 is 0 Å². The molecule has 8 heteroatoms. The fraction of sp³-hybridized carbons (Fsp3) is 0.0455. The lowest BCUT2D eigenvalue weighted by atomic mass is 10.2. The third-order valence-electron chi connectivity index (χ3n) is 4.26. The Morgan fingerprint density at radius 3 is 2.50 bits per heavy atom. The highest BCUT2D eigenvalue weighted by atomic mass is 35.5. The quantitative estimate of drug-likeness (QED) is 0.332. The van der Waals surface area contributed by atoms with E-state index in [0.717, 1.165) is 11.3 Å². The van der Waals surface area contributed by atoms with Crippen LogP contribution >= 0.6 is 23.4 Å². The first-order chi connectivity index (χ1) is 14.6. The molecule has 4 aromatic rings. The molecule has 6 nitrogen and oxygen atoms in total. The zero-order chi connectivity index (χ0) is 20.9. The number of thioether (sulfide) groups is 1. The van der Waals surface area contributed by atoms with Crippen molar-refractivity contribution in [2.24, 2.45) is 0 Å². The van der Waals surface area contributed by atoms with Crippen molar-refractivity contribution >= 4 is 40.6 Å². The van der Waals surface area contributed by atoms with Crippen molar-refractivity contribution in [3.63, 3.8) is 0 Å². The van der Waals surface area contributed by atoms with Crippen molar-refractivity contribution in [2.75, 3.05) is 16.8 Å². The number of rotatable bonds is 6. The molecule has 1 aromatic heterocycles. The first-order valence-corrected chi connectivity index (χ1v) is 10.5. The summed E-state index contributed by atoms with van der Waals surface area (Å²) in [6.45, 7) is 0. The third-order valence-corrected chi connectivity index (χ3v) is 5.42. The predicted molar refractivity (Wildman–Crippen MR) is 122 cm³/mol. The average molecular weight is 436 g/mol. The van der Waals surface area contributed by atoms with Gasteiger partial charge in [0.2, 0.25) is 5.91 Å². The summed E-state index contributed by atoms with van der Waals surface area (Å²) in [5.74, 6) is 0.706. The molecule has 0 aliphatic rings.